The summed E-state index contributed by atoms with van der Waals surface area (Å²) >= 11 is 0. The van der Waals surface area contributed by atoms with Gasteiger partial charge in [0.25, 0.3) is 0 Å². The molecule has 31 heavy (non-hydrogen) atoms. The van der Waals surface area contributed by atoms with Gasteiger partial charge in [0.15, 0.2) is 5.96 Å². The first-order valence-corrected chi connectivity index (χ1v) is 12.1. The average molecular weight is 431 g/mol. The molecule has 2 N–H and O–H groups in total. The highest BCUT2D eigenvalue weighted by molar-refractivity contribution is 5.79. The molecule has 2 aliphatic heterocycles. The summed E-state index contributed by atoms with van der Waals surface area (Å²) in [4.78, 5) is 7.47. The lowest BCUT2D eigenvalue weighted by Gasteiger charge is -2.40. The third kappa shape index (κ3) is 7.78. The zero-order valence-electron chi connectivity index (χ0n) is 19.8. The van der Waals surface area contributed by atoms with Gasteiger partial charge in [-0.15, -0.1) is 0 Å². The number of rotatable bonds is 10. The number of benzene rings is 1. The highest BCUT2D eigenvalue weighted by atomic mass is 16.5. The van der Waals surface area contributed by atoms with Gasteiger partial charge in [0.2, 0.25) is 0 Å². The second-order valence-electron chi connectivity index (χ2n) is 9.36. The van der Waals surface area contributed by atoms with Crippen LogP contribution in [0.25, 0.3) is 0 Å². The van der Waals surface area contributed by atoms with Gasteiger partial charge in [-0.05, 0) is 63.5 Å². The van der Waals surface area contributed by atoms with Crippen LogP contribution in [0.2, 0.25) is 0 Å². The highest BCUT2D eigenvalue weighted by Gasteiger charge is 2.29. The van der Waals surface area contributed by atoms with E-state index in [1.807, 2.05) is 0 Å². The van der Waals surface area contributed by atoms with Gasteiger partial charge in [-0.1, -0.05) is 24.3 Å². The summed E-state index contributed by atoms with van der Waals surface area (Å²) in [5.74, 6) is 1.57. The summed E-state index contributed by atoms with van der Waals surface area (Å²) in [6.45, 7) is 14.8. The highest BCUT2D eigenvalue weighted by Crippen LogP contribution is 2.25. The van der Waals surface area contributed by atoms with Crippen LogP contribution in [-0.2, 0) is 22.4 Å². The molecule has 1 aromatic rings. The van der Waals surface area contributed by atoms with Crippen molar-refractivity contribution in [3.05, 3.63) is 35.4 Å². The quantitative estimate of drug-likeness (QED) is 0.339. The Hall–Kier alpha value is -1.63. The first-order valence-electron chi connectivity index (χ1n) is 12.1. The van der Waals surface area contributed by atoms with Crippen LogP contribution in [0.4, 0.5) is 0 Å². The van der Waals surface area contributed by atoms with Crippen molar-refractivity contribution in [3.8, 4) is 0 Å². The molecule has 0 aromatic heterocycles. The first-order chi connectivity index (χ1) is 15.1. The molecule has 174 valence electrons. The molecule has 0 aliphatic carbocycles. The van der Waals surface area contributed by atoms with Gasteiger partial charge < -0.3 is 20.1 Å². The number of aliphatic imine (C=N–C) groups is 1. The number of hydrogen-bond donors (Lipinski definition) is 2. The van der Waals surface area contributed by atoms with Gasteiger partial charge in [0.1, 0.15) is 0 Å². The molecular weight excluding hydrogens is 388 g/mol. The van der Waals surface area contributed by atoms with Crippen molar-refractivity contribution in [1.29, 1.82) is 0 Å². The van der Waals surface area contributed by atoms with Crippen molar-refractivity contribution in [2.75, 3.05) is 52.6 Å². The molecule has 2 aliphatic rings. The van der Waals surface area contributed by atoms with Gasteiger partial charge in [-0.25, -0.2) is 0 Å². The maximum atomic E-state index is 5.87. The van der Waals surface area contributed by atoms with Crippen LogP contribution in [0.3, 0.4) is 0 Å². The predicted octanol–water partition coefficient (Wildman–Crippen LogP) is 3.21. The molecule has 1 fully saturated rings. The number of nitrogens with one attached hydrogen (secondary N) is 2. The molecule has 0 radical (unpaired) electrons. The molecule has 1 saturated heterocycles. The Bertz CT molecular complexity index is 686. The smallest absolute Gasteiger partial charge is 0.191 e. The Morgan fingerprint density at radius 2 is 1.97 bits per heavy atom. The van der Waals surface area contributed by atoms with Crippen molar-refractivity contribution >= 4 is 5.96 Å². The molecule has 2 heterocycles. The minimum Gasteiger partial charge on any atom is -0.381 e. The van der Waals surface area contributed by atoms with E-state index in [2.05, 4.69) is 60.6 Å². The molecule has 0 saturated carbocycles. The maximum absolute atomic E-state index is 5.87. The summed E-state index contributed by atoms with van der Waals surface area (Å²) < 4.78 is 11.3. The molecule has 0 bridgehead atoms. The largest absolute Gasteiger partial charge is 0.381 e. The SMILES string of the molecule is CCNC(=NCC(C)(C)N1CCc2ccccc2C1)NCCCOCC1CCOCC1. The van der Waals surface area contributed by atoms with E-state index in [9.17, 15) is 0 Å². The summed E-state index contributed by atoms with van der Waals surface area (Å²) in [7, 11) is 0. The molecule has 1 aromatic carbocycles. The van der Waals surface area contributed by atoms with Gasteiger partial charge in [0, 0.05) is 58.1 Å². The molecule has 6 heteroatoms. The average Bonchev–Trinajstić information content (AvgIpc) is 2.80. The standard InChI is InChI=1S/C25H42N4O2/c1-4-26-24(27-13-7-15-31-19-21-11-16-30-17-12-21)28-20-25(2,3)29-14-10-22-8-5-6-9-23(22)18-29/h5-6,8-9,21H,4,7,10-20H2,1-3H3,(H2,26,27,28). The number of hydrogen-bond acceptors (Lipinski definition) is 4. The van der Waals surface area contributed by atoms with Crippen LogP contribution in [-0.4, -0.2) is 69.0 Å². The van der Waals surface area contributed by atoms with Gasteiger partial charge in [-0.2, -0.15) is 0 Å². The van der Waals surface area contributed by atoms with Crippen LogP contribution in [0.1, 0.15) is 51.2 Å². The number of ether oxygens (including phenoxy) is 2. The summed E-state index contributed by atoms with van der Waals surface area (Å²) in [5.41, 5.74) is 2.96. The minimum absolute atomic E-state index is 0.0166. The van der Waals surface area contributed by atoms with E-state index in [1.54, 1.807) is 0 Å². The second kappa shape index (κ2) is 12.4. The van der Waals surface area contributed by atoms with Crippen LogP contribution in [0.5, 0.6) is 0 Å². The number of guanidine groups is 1. The summed E-state index contributed by atoms with van der Waals surface area (Å²) in [6.07, 6.45) is 4.37. The Morgan fingerprint density at radius 3 is 2.74 bits per heavy atom. The van der Waals surface area contributed by atoms with E-state index in [0.717, 1.165) is 90.8 Å². The van der Waals surface area contributed by atoms with E-state index in [0.29, 0.717) is 5.92 Å². The Balaban J connectivity index is 1.39. The number of nitrogens with zero attached hydrogens (tertiary/aromatic N) is 2. The second-order valence-corrected chi connectivity index (χ2v) is 9.36. The molecule has 0 spiro atoms. The van der Waals surface area contributed by atoms with Crippen LogP contribution < -0.4 is 10.6 Å². The van der Waals surface area contributed by atoms with E-state index < -0.39 is 0 Å². The van der Waals surface area contributed by atoms with E-state index in [-0.39, 0.29) is 5.54 Å². The lowest BCUT2D eigenvalue weighted by molar-refractivity contribution is 0.0203. The fraction of sp³-hybridized carbons (Fsp3) is 0.720. The van der Waals surface area contributed by atoms with Crippen molar-refractivity contribution in [2.45, 2.75) is 58.5 Å². The molecule has 0 atom stereocenters. The van der Waals surface area contributed by atoms with Crippen molar-refractivity contribution in [1.82, 2.24) is 15.5 Å². The normalized spacial score (nSPS) is 18.6. The van der Waals surface area contributed by atoms with Gasteiger partial charge >= 0.3 is 0 Å². The Labute approximate surface area is 188 Å². The van der Waals surface area contributed by atoms with Crippen LogP contribution >= 0.6 is 0 Å². The molecule has 0 unspecified atom stereocenters. The lowest BCUT2D eigenvalue weighted by atomic mass is 9.94. The maximum Gasteiger partial charge on any atom is 0.191 e. The Kier molecular flexibility index (Phi) is 9.62. The lowest BCUT2D eigenvalue weighted by Crippen LogP contribution is -2.49. The van der Waals surface area contributed by atoms with Crippen LogP contribution in [0, 0.1) is 5.92 Å². The fourth-order valence-electron chi connectivity index (χ4n) is 4.27. The number of fused-ring (bicyclic) bond motifs is 1. The predicted molar refractivity (Wildman–Crippen MR) is 128 cm³/mol. The van der Waals surface area contributed by atoms with E-state index in [4.69, 9.17) is 14.5 Å². The van der Waals surface area contributed by atoms with E-state index >= 15 is 0 Å². The fourth-order valence-corrected chi connectivity index (χ4v) is 4.27. The van der Waals surface area contributed by atoms with Crippen molar-refractivity contribution < 1.29 is 9.47 Å². The monoisotopic (exact) mass is 430 g/mol. The van der Waals surface area contributed by atoms with Crippen molar-refractivity contribution in [2.24, 2.45) is 10.9 Å². The Morgan fingerprint density at radius 1 is 1.19 bits per heavy atom. The van der Waals surface area contributed by atoms with Crippen LogP contribution in [0.15, 0.2) is 29.3 Å². The minimum atomic E-state index is 0.0166. The third-order valence-corrected chi connectivity index (χ3v) is 6.41. The molecule has 6 nitrogen and oxygen atoms in total. The first kappa shape index (κ1) is 24.0. The molecule has 3 rings (SSSR count). The molecule has 0 amide bonds. The van der Waals surface area contributed by atoms with Crippen molar-refractivity contribution in [3.63, 3.8) is 0 Å². The van der Waals surface area contributed by atoms with E-state index in [1.165, 1.54) is 11.1 Å². The topological polar surface area (TPSA) is 58.1 Å². The third-order valence-electron chi connectivity index (χ3n) is 6.41. The van der Waals surface area contributed by atoms with Gasteiger partial charge in [0.05, 0.1) is 6.54 Å². The van der Waals surface area contributed by atoms with Gasteiger partial charge in [-0.3, -0.25) is 9.89 Å². The summed E-state index contributed by atoms with van der Waals surface area (Å²) in [6, 6.07) is 8.82. The zero-order valence-corrected chi connectivity index (χ0v) is 19.8. The zero-order chi connectivity index (χ0) is 21.9. The molecular formula is C25H42N4O2. The summed E-state index contributed by atoms with van der Waals surface area (Å²) in [5, 5.41) is 6.85.